The van der Waals surface area contributed by atoms with Gasteiger partial charge in [0.2, 0.25) is 11.7 Å². The van der Waals surface area contributed by atoms with Crippen LogP contribution < -0.4 is 0 Å². The number of benzene rings is 1. The number of ether oxygens (including phenoxy) is 2. The van der Waals surface area contributed by atoms with Crippen LogP contribution in [0, 0.1) is 38.9 Å². The summed E-state index contributed by atoms with van der Waals surface area (Å²) in [6, 6.07) is 13.8. The number of fused-ring (bicyclic) bond motifs is 1. The van der Waals surface area contributed by atoms with Crippen molar-refractivity contribution < 1.29 is 9.47 Å². The summed E-state index contributed by atoms with van der Waals surface area (Å²) in [6.45, 7) is 3.49. The van der Waals surface area contributed by atoms with Gasteiger partial charge in [-0.2, -0.15) is 15.5 Å². The topological polar surface area (TPSA) is 102 Å². The van der Waals surface area contributed by atoms with E-state index >= 15 is 0 Å². The monoisotopic (exact) mass is 306 g/mol. The van der Waals surface area contributed by atoms with Gasteiger partial charge < -0.3 is 9.47 Å². The summed E-state index contributed by atoms with van der Waals surface area (Å²) < 4.78 is 11.9. The van der Waals surface area contributed by atoms with Crippen LogP contribution in [0.3, 0.4) is 0 Å². The number of amidine groups is 1. The number of hydrogen-bond acceptors (Lipinski definition) is 5. The number of hydrogen-bond donors (Lipinski definition) is 1. The van der Waals surface area contributed by atoms with Gasteiger partial charge in [0, 0.05) is 6.92 Å². The van der Waals surface area contributed by atoms with Crippen LogP contribution in [0.4, 0.5) is 0 Å². The highest BCUT2D eigenvalue weighted by Crippen LogP contribution is 2.68. The Morgan fingerprint density at radius 3 is 2.43 bits per heavy atom. The molecule has 23 heavy (non-hydrogen) atoms. The summed E-state index contributed by atoms with van der Waals surface area (Å²) in [5.74, 6) is -1.74. The second-order valence-corrected chi connectivity index (χ2v) is 6.33. The molecule has 0 unspecified atom stereocenters. The lowest BCUT2D eigenvalue weighted by Crippen LogP contribution is -2.72. The minimum Gasteiger partial charge on any atom is -0.447 e. The molecule has 0 aliphatic carbocycles. The van der Waals surface area contributed by atoms with Gasteiger partial charge in [-0.05, 0) is 12.5 Å². The minimum atomic E-state index is -1.41. The van der Waals surface area contributed by atoms with E-state index in [1.54, 1.807) is 13.8 Å². The van der Waals surface area contributed by atoms with Crippen molar-refractivity contribution in [3.05, 3.63) is 35.9 Å². The van der Waals surface area contributed by atoms with Crippen molar-refractivity contribution >= 4 is 11.7 Å². The van der Waals surface area contributed by atoms with Gasteiger partial charge in [0.25, 0.3) is 0 Å². The van der Waals surface area contributed by atoms with Crippen LogP contribution in [0.5, 0.6) is 0 Å². The molecule has 5 atom stereocenters. The van der Waals surface area contributed by atoms with E-state index in [-0.39, 0.29) is 11.7 Å². The van der Waals surface area contributed by atoms with E-state index < -0.39 is 28.6 Å². The van der Waals surface area contributed by atoms with E-state index in [4.69, 9.17) is 14.9 Å². The van der Waals surface area contributed by atoms with Crippen LogP contribution in [-0.2, 0) is 9.47 Å². The third-order valence-electron chi connectivity index (χ3n) is 5.31. The van der Waals surface area contributed by atoms with Gasteiger partial charge in [-0.15, -0.1) is 0 Å². The van der Waals surface area contributed by atoms with Crippen LogP contribution in [0.25, 0.3) is 0 Å². The highest BCUT2D eigenvalue weighted by atomic mass is 16.7. The molecule has 0 saturated carbocycles. The maximum absolute atomic E-state index is 10.1. The van der Waals surface area contributed by atoms with Crippen molar-refractivity contribution in [3.8, 4) is 12.1 Å². The summed E-state index contributed by atoms with van der Waals surface area (Å²) >= 11 is 0. The SMILES string of the molecule is C[C@@H]1O[C@@]2(C)OC3=NC(=N)[C@@](C#N)([C@@H]2c2ccccc2)[C@]31C#N. The number of aliphatic imine (C=N–C) groups is 1. The fourth-order valence-corrected chi connectivity index (χ4v) is 4.40. The van der Waals surface area contributed by atoms with E-state index in [2.05, 4.69) is 17.1 Å². The van der Waals surface area contributed by atoms with Gasteiger partial charge in [0.1, 0.15) is 5.84 Å². The molecule has 0 aromatic heterocycles. The quantitative estimate of drug-likeness (QED) is 0.860. The third-order valence-corrected chi connectivity index (χ3v) is 5.31. The Morgan fingerprint density at radius 1 is 1.17 bits per heavy atom. The van der Waals surface area contributed by atoms with Crippen molar-refractivity contribution in [1.82, 2.24) is 0 Å². The van der Waals surface area contributed by atoms with Crippen molar-refractivity contribution in [2.75, 3.05) is 0 Å². The van der Waals surface area contributed by atoms with Crippen molar-refractivity contribution in [2.24, 2.45) is 15.8 Å². The predicted octanol–water partition coefficient (Wildman–Crippen LogP) is 2.34. The summed E-state index contributed by atoms with van der Waals surface area (Å²) in [5.41, 5.74) is -2.01. The molecule has 1 aromatic rings. The average molecular weight is 306 g/mol. The minimum absolute atomic E-state index is 0.121. The van der Waals surface area contributed by atoms with Crippen molar-refractivity contribution in [3.63, 3.8) is 0 Å². The molecule has 0 radical (unpaired) electrons. The van der Waals surface area contributed by atoms with Gasteiger partial charge in [-0.1, -0.05) is 30.3 Å². The Morgan fingerprint density at radius 2 is 1.83 bits per heavy atom. The second kappa shape index (κ2) is 3.98. The lowest BCUT2D eigenvalue weighted by molar-refractivity contribution is -0.309. The third kappa shape index (κ3) is 1.24. The Kier molecular flexibility index (Phi) is 2.41. The molecule has 4 heterocycles. The molecule has 6 heteroatoms. The molecule has 114 valence electrons. The van der Waals surface area contributed by atoms with Crippen LogP contribution in [0.15, 0.2) is 35.3 Å². The first-order valence-electron chi connectivity index (χ1n) is 7.39. The zero-order chi connectivity index (χ0) is 16.5. The number of rotatable bonds is 1. The molecule has 1 N–H and O–H groups in total. The first-order chi connectivity index (χ1) is 11.0. The average Bonchev–Trinajstić information content (AvgIpc) is 2.72. The Balaban J connectivity index is 2.08. The standard InChI is InChI=1S/C17H14N4O2/c1-10-16(8-18)14-21-13(20)17(16,9-19)12(15(2,22-10)23-14)11-6-4-3-5-7-11/h3-7,10,12,20H,1-2H3/t10-,12+,15-,16-,17+/m0/s1. The molecule has 4 aliphatic rings. The second-order valence-electron chi connectivity index (χ2n) is 6.33. The highest BCUT2D eigenvalue weighted by molar-refractivity contribution is 6.13. The van der Waals surface area contributed by atoms with Crippen LogP contribution >= 0.6 is 0 Å². The summed E-state index contributed by atoms with van der Waals surface area (Å²) in [7, 11) is 0. The zero-order valence-corrected chi connectivity index (χ0v) is 12.7. The Bertz CT molecular complexity index is 836. The predicted molar refractivity (Wildman–Crippen MR) is 80.5 cm³/mol. The Labute approximate surface area is 133 Å². The van der Waals surface area contributed by atoms with Gasteiger partial charge in [-0.3, -0.25) is 5.41 Å². The molecule has 5 rings (SSSR count). The van der Waals surface area contributed by atoms with E-state index in [0.29, 0.717) is 0 Å². The summed E-state index contributed by atoms with van der Waals surface area (Å²) in [4.78, 5) is 4.14. The lowest BCUT2D eigenvalue weighted by atomic mass is 9.50. The van der Waals surface area contributed by atoms with Gasteiger partial charge in [0.15, 0.2) is 10.8 Å². The summed E-state index contributed by atoms with van der Waals surface area (Å²) in [6.07, 6.45) is -0.590. The lowest BCUT2D eigenvalue weighted by Gasteiger charge is -2.60. The molecule has 4 aliphatic heterocycles. The van der Waals surface area contributed by atoms with E-state index in [9.17, 15) is 10.5 Å². The van der Waals surface area contributed by atoms with Crippen LogP contribution in [0.2, 0.25) is 0 Å². The smallest absolute Gasteiger partial charge is 0.218 e. The van der Waals surface area contributed by atoms with Gasteiger partial charge in [-0.25, -0.2) is 0 Å². The van der Waals surface area contributed by atoms with Crippen LogP contribution in [-0.4, -0.2) is 23.6 Å². The Hall–Kier alpha value is -2.70. The van der Waals surface area contributed by atoms with E-state index in [1.165, 1.54) is 0 Å². The van der Waals surface area contributed by atoms with Crippen molar-refractivity contribution in [1.29, 1.82) is 15.9 Å². The largest absolute Gasteiger partial charge is 0.447 e. The maximum atomic E-state index is 10.1. The highest BCUT2D eigenvalue weighted by Gasteiger charge is 2.82. The molecular formula is C17H14N4O2. The first-order valence-corrected chi connectivity index (χ1v) is 7.39. The normalized spacial score (nSPS) is 43.3. The number of nitriles is 2. The molecule has 0 spiro atoms. The van der Waals surface area contributed by atoms with E-state index in [1.807, 2.05) is 30.3 Å². The molecule has 1 aromatic carbocycles. The molecule has 3 fully saturated rings. The fourth-order valence-electron chi connectivity index (χ4n) is 4.40. The summed E-state index contributed by atoms with van der Waals surface area (Å²) in [5, 5.41) is 28.4. The van der Waals surface area contributed by atoms with Crippen molar-refractivity contribution in [2.45, 2.75) is 31.7 Å². The van der Waals surface area contributed by atoms with Crippen LogP contribution in [0.1, 0.15) is 25.3 Å². The molecule has 3 saturated heterocycles. The van der Waals surface area contributed by atoms with E-state index in [0.717, 1.165) is 5.56 Å². The fraction of sp³-hybridized carbons (Fsp3) is 0.412. The molecule has 0 amide bonds. The molecule has 4 bridgehead atoms. The zero-order valence-electron chi connectivity index (χ0n) is 12.7. The number of nitrogens with one attached hydrogen (secondary N) is 1. The molecule has 6 nitrogen and oxygen atoms in total. The molecular weight excluding hydrogens is 292 g/mol. The number of nitrogens with zero attached hydrogens (tertiary/aromatic N) is 3. The maximum Gasteiger partial charge on any atom is 0.218 e. The van der Waals surface area contributed by atoms with Gasteiger partial charge in [0.05, 0.1) is 24.2 Å². The van der Waals surface area contributed by atoms with Gasteiger partial charge >= 0.3 is 0 Å². The first kappa shape index (κ1) is 13.9.